The number of carbonyl (C=O) groups excluding carboxylic acids is 1. The van der Waals surface area contributed by atoms with Gasteiger partial charge in [-0.1, -0.05) is 0 Å². The third kappa shape index (κ3) is 5.63. The van der Waals surface area contributed by atoms with E-state index in [4.69, 9.17) is 0 Å². The van der Waals surface area contributed by atoms with E-state index < -0.39 is 23.9 Å². The standard InChI is InChI=1S/C24H32F3N7O2/c1-12(2)29-23-28-10-19-21(33-23)34(16-6-4-14(5-7-16)22(36)30-13(3)11-35)24(31-19)32-20-17(26)8-15(25)9-18(20)27/h8-10,12-14,16-17,20,35H,4-7,11H2,1-3H3,(H,30,36)(H,31,32)(H,28,29,33)/t13-,14-,16+,17?,20?/m1/s1. The summed E-state index contributed by atoms with van der Waals surface area (Å²) in [6, 6.07) is -1.80. The van der Waals surface area contributed by atoms with Crippen LogP contribution in [-0.2, 0) is 4.79 Å². The molecule has 0 bridgehead atoms. The van der Waals surface area contributed by atoms with Crippen molar-refractivity contribution >= 4 is 29.0 Å². The van der Waals surface area contributed by atoms with Gasteiger partial charge in [0.15, 0.2) is 5.65 Å². The van der Waals surface area contributed by atoms with Crippen LogP contribution in [0.1, 0.15) is 52.5 Å². The lowest BCUT2D eigenvalue weighted by atomic mass is 9.85. The topological polar surface area (TPSA) is 117 Å². The first-order valence-corrected chi connectivity index (χ1v) is 12.2. The highest BCUT2D eigenvalue weighted by Crippen LogP contribution is 2.37. The maximum atomic E-state index is 14.5. The zero-order valence-corrected chi connectivity index (χ0v) is 20.5. The normalized spacial score (nSPS) is 25.3. The number of aliphatic hydroxyl groups excluding tert-OH is 1. The Labute approximate surface area is 207 Å². The highest BCUT2D eigenvalue weighted by Gasteiger charge is 2.33. The van der Waals surface area contributed by atoms with Gasteiger partial charge in [-0.05, 0) is 52.5 Å². The van der Waals surface area contributed by atoms with Gasteiger partial charge in [-0.3, -0.25) is 9.36 Å². The molecule has 2 aromatic heterocycles. The summed E-state index contributed by atoms with van der Waals surface area (Å²) >= 11 is 0. The summed E-state index contributed by atoms with van der Waals surface area (Å²) in [4.78, 5) is 26.0. The van der Waals surface area contributed by atoms with E-state index in [1.807, 2.05) is 18.4 Å². The Bertz CT molecular complexity index is 1160. The minimum absolute atomic E-state index is 0.0853. The van der Waals surface area contributed by atoms with Crippen LogP contribution in [0.15, 0.2) is 30.0 Å². The summed E-state index contributed by atoms with van der Waals surface area (Å²) in [6.07, 6.45) is 3.40. The van der Waals surface area contributed by atoms with Crippen molar-refractivity contribution in [3.8, 4) is 0 Å². The van der Waals surface area contributed by atoms with Crippen molar-refractivity contribution in [2.75, 3.05) is 17.2 Å². The Morgan fingerprint density at radius 2 is 1.92 bits per heavy atom. The van der Waals surface area contributed by atoms with Crippen LogP contribution in [0.25, 0.3) is 11.2 Å². The molecule has 2 heterocycles. The molecule has 2 unspecified atom stereocenters. The summed E-state index contributed by atoms with van der Waals surface area (Å²) in [5, 5.41) is 18.0. The molecule has 2 aliphatic carbocycles. The monoisotopic (exact) mass is 507 g/mol. The number of nitrogens with one attached hydrogen (secondary N) is 3. The number of allylic oxidation sites excluding steroid dienone is 2. The number of alkyl halides is 1. The van der Waals surface area contributed by atoms with E-state index in [0.717, 1.165) is 6.08 Å². The molecule has 0 radical (unpaired) electrons. The lowest BCUT2D eigenvalue weighted by Gasteiger charge is -2.31. The zero-order chi connectivity index (χ0) is 26.0. The van der Waals surface area contributed by atoms with Crippen LogP contribution in [-0.4, -0.2) is 61.4 Å². The van der Waals surface area contributed by atoms with E-state index >= 15 is 0 Å². The quantitative estimate of drug-likeness (QED) is 0.430. The predicted molar refractivity (Wildman–Crippen MR) is 130 cm³/mol. The Morgan fingerprint density at radius 3 is 2.56 bits per heavy atom. The van der Waals surface area contributed by atoms with E-state index in [2.05, 4.69) is 30.9 Å². The van der Waals surface area contributed by atoms with Crippen molar-refractivity contribution in [2.45, 2.75) is 76.8 Å². The lowest BCUT2D eigenvalue weighted by Crippen LogP contribution is -2.40. The van der Waals surface area contributed by atoms with E-state index in [9.17, 15) is 23.1 Å². The van der Waals surface area contributed by atoms with Gasteiger partial charge in [0.05, 0.1) is 12.8 Å². The molecule has 12 heteroatoms. The van der Waals surface area contributed by atoms with Gasteiger partial charge in [0.1, 0.15) is 29.4 Å². The molecule has 196 valence electrons. The molecule has 4 rings (SSSR count). The fraction of sp³-hybridized carbons (Fsp3) is 0.583. The molecular formula is C24H32F3N7O2. The van der Waals surface area contributed by atoms with Crippen LogP contribution in [0.4, 0.5) is 25.1 Å². The summed E-state index contributed by atoms with van der Waals surface area (Å²) in [5.41, 5.74) is 0.940. The molecule has 1 fully saturated rings. The molecule has 1 amide bonds. The number of aliphatic hydroxyl groups is 1. The number of hydrogen-bond donors (Lipinski definition) is 4. The predicted octanol–water partition coefficient (Wildman–Crippen LogP) is 3.71. The van der Waals surface area contributed by atoms with E-state index in [-0.39, 0.29) is 42.5 Å². The van der Waals surface area contributed by atoms with Crippen LogP contribution in [0, 0.1) is 5.92 Å². The molecule has 2 aromatic rings. The summed E-state index contributed by atoms with van der Waals surface area (Å²) < 4.78 is 44.3. The van der Waals surface area contributed by atoms with Crippen molar-refractivity contribution in [1.82, 2.24) is 24.8 Å². The summed E-state index contributed by atoms with van der Waals surface area (Å²) in [7, 11) is 0. The third-order valence-electron chi connectivity index (χ3n) is 6.44. The first-order valence-electron chi connectivity index (χ1n) is 12.2. The molecule has 0 saturated heterocycles. The average Bonchev–Trinajstić information content (AvgIpc) is 3.18. The number of imidazole rings is 1. The van der Waals surface area contributed by atoms with Gasteiger partial charge in [-0.2, -0.15) is 4.98 Å². The molecule has 1 saturated carbocycles. The van der Waals surface area contributed by atoms with Crippen LogP contribution < -0.4 is 16.0 Å². The third-order valence-corrected chi connectivity index (χ3v) is 6.44. The number of halogens is 3. The maximum absolute atomic E-state index is 14.5. The molecule has 36 heavy (non-hydrogen) atoms. The largest absolute Gasteiger partial charge is 0.394 e. The second kappa shape index (κ2) is 10.9. The average molecular weight is 508 g/mol. The fourth-order valence-electron chi connectivity index (χ4n) is 4.63. The van der Waals surface area contributed by atoms with Crippen LogP contribution >= 0.6 is 0 Å². The molecular weight excluding hydrogens is 475 g/mol. The van der Waals surface area contributed by atoms with Crippen molar-refractivity contribution in [1.29, 1.82) is 0 Å². The number of aromatic nitrogens is 4. The van der Waals surface area contributed by atoms with Crippen molar-refractivity contribution in [3.63, 3.8) is 0 Å². The van der Waals surface area contributed by atoms with Crippen LogP contribution in [0.2, 0.25) is 0 Å². The second-order valence-electron chi connectivity index (χ2n) is 9.75. The number of amides is 1. The van der Waals surface area contributed by atoms with Crippen LogP contribution in [0.5, 0.6) is 0 Å². The van der Waals surface area contributed by atoms with Gasteiger partial charge in [0.2, 0.25) is 17.8 Å². The number of nitrogens with zero attached hydrogens (tertiary/aromatic N) is 4. The highest BCUT2D eigenvalue weighted by molar-refractivity contribution is 5.79. The van der Waals surface area contributed by atoms with Crippen molar-refractivity contribution in [2.24, 2.45) is 5.92 Å². The smallest absolute Gasteiger partial charge is 0.224 e. The van der Waals surface area contributed by atoms with Gasteiger partial charge < -0.3 is 21.1 Å². The van der Waals surface area contributed by atoms with Gasteiger partial charge in [-0.15, -0.1) is 0 Å². The second-order valence-corrected chi connectivity index (χ2v) is 9.75. The molecule has 3 atom stereocenters. The Hall–Kier alpha value is -3.15. The van der Waals surface area contributed by atoms with Gasteiger partial charge in [0.25, 0.3) is 0 Å². The summed E-state index contributed by atoms with van der Waals surface area (Å²) in [5.74, 6) is -1.63. The maximum Gasteiger partial charge on any atom is 0.224 e. The minimum atomic E-state index is -1.92. The minimum Gasteiger partial charge on any atom is -0.394 e. The van der Waals surface area contributed by atoms with E-state index in [1.54, 1.807) is 13.1 Å². The number of anilines is 2. The SMILES string of the molecule is CC(C)Nc1ncc2nc(NC3C(F)=CC(F)=CC3F)n([C@H]3CC[C@@H](C(=O)N[C@H](C)CO)CC3)c2n1. The molecule has 0 aliphatic heterocycles. The first kappa shape index (κ1) is 25.9. The fourth-order valence-corrected chi connectivity index (χ4v) is 4.63. The van der Waals surface area contributed by atoms with Crippen molar-refractivity contribution < 1.29 is 23.1 Å². The Balaban J connectivity index is 1.63. The number of rotatable bonds is 8. The summed E-state index contributed by atoms with van der Waals surface area (Å²) in [6.45, 7) is 5.51. The highest BCUT2D eigenvalue weighted by atomic mass is 19.2. The molecule has 4 N–H and O–H groups in total. The van der Waals surface area contributed by atoms with Gasteiger partial charge in [0, 0.05) is 30.1 Å². The Morgan fingerprint density at radius 1 is 1.19 bits per heavy atom. The first-order chi connectivity index (χ1) is 17.2. The molecule has 2 aliphatic rings. The Kier molecular flexibility index (Phi) is 7.82. The van der Waals surface area contributed by atoms with Crippen molar-refractivity contribution in [3.05, 3.63) is 30.0 Å². The molecule has 0 spiro atoms. The van der Waals surface area contributed by atoms with E-state index in [0.29, 0.717) is 48.9 Å². The number of hydrogen-bond acceptors (Lipinski definition) is 7. The molecule has 0 aromatic carbocycles. The number of carbonyl (C=O) groups is 1. The van der Waals surface area contributed by atoms with E-state index in [1.165, 1.54) is 0 Å². The van der Waals surface area contributed by atoms with Gasteiger partial charge in [-0.25, -0.2) is 23.1 Å². The zero-order valence-electron chi connectivity index (χ0n) is 20.5. The lowest BCUT2D eigenvalue weighted by molar-refractivity contribution is -0.127. The molecule has 9 nitrogen and oxygen atoms in total. The van der Waals surface area contributed by atoms with Gasteiger partial charge >= 0.3 is 0 Å². The number of fused-ring (bicyclic) bond motifs is 1. The van der Waals surface area contributed by atoms with Crippen LogP contribution in [0.3, 0.4) is 0 Å².